The van der Waals surface area contributed by atoms with E-state index in [1.54, 1.807) is 12.1 Å². The average molecular weight is 449 g/mol. The second-order valence-corrected chi connectivity index (χ2v) is 7.29. The van der Waals surface area contributed by atoms with Crippen molar-refractivity contribution >= 4 is 45.0 Å². The first kappa shape index (κ1) is 19.1. The molecule has 0 saturated heterocycles. The van der Waals surface area contributed by atoms with Crippen LogP contribution in [0.25, 0.3) is 11.5 Å². The molecule has 0 unspecified atom stereocenters. The van der Waals surface area contributed by atoms with Gasteiger partial charge in [0.05, 0.1) is 4.92 Å². The van der Waals surface area contributed by atoms with Crippen LogP contribution in [0.3, 0.4) is 0 Å². The highest BCUT2D eigenvalue weighted by atomic mass is 79.9. The molecule has 0 atom stereocenters. The van der Waals surface area contributed by atoms with Gasteiger partial charge in [0.15, 0.2) is 0 Å². The number of carbonyl (C=O) groups is 1. The Morgan fingerprint density at radius 3 is 2.52 bits per heavy atom. The molecule has 2 aromatic carbocycles. The Morgan fingerprint density at radius 2 is 1.85 bits per heavy atom. The van der Waals surface area contributed by atoms with Gasteiger partial charge in [-0.15, -0.1) is 10.2 Å². The van der Waals surface area contributed by atoms with E-state index in [0.717, 1.165) is 10.2 Å². The molecule has 1 aromatic heterocycles. The lowest BCUT2D eigenvalue weighted by molar-refractivity contribution is -0.384. The number of nitrogens with zero attached hydrogens (tertiary/aromatic N) is 3. The maximum Gasteiger partial charge on any atom is 0.276 e. The van der Waals surface area contributed by atoms with Crippen molar-refractivity contribution in [3.63, 3.8) is 0 Å². The molecular weight excluding hydrogens is 436 g/mol. The molecule has 8 nitrogen and oxygen atoms in total. The van der Waals surface area contributed by atoms with E-state index in [1.165, 1.54) is 23.9 Å². The minimum atomic E-state index is -0.474. The van der Waals surface area contributed by atoms with Gasteiger partial charge in [-0.05, 0) is 36.4 Å². The van der Waals surface area contributed by atoms with Crippen LogP contribution >= 0.6 is 27.7 Å². The molecule has 138 valence electrons. The molecule has 0 aliphatic rings. The fraction of sp³-hybridized carbons (Fsp3) is 0.118. The van der Waals surface area contributed by atoms with Gasteiger partial charge in [0.2, 0.25) is 11.8 Å². The number of carbonyl (C=O) groups excluding carboxylic acids is 1. The van der Waals surface area contributed by atoms with E-state index in [2.05, 4.69) is 31.4 Å². The van der Waals surface area contributed by atoms with Gasteiger partial charge in [-0.1, -0.05) is 27.7 Å². The smallest absolute Gasteiger partial charge is 0.276 e. The summed E-state index contributed by atoms with van der Waals surface area (Å²) in [5.74, 6) is 0.635. The molecule has 3 aromatic rings. The van der Waals surface area contributed by atoms with Crippen LogP contribution in [0, 0.1) is 10.1 Å². The molecule has 0 saturated carbocycles. The maximum absolute atomic E-state index is 11.9. The van der Waals surface area contributed by atoms with Crippen molar-refractivity contribution in [2.45, 2.75) is 11.6 Å². The summed E-state index contributed by atoms with van der Waals surface area (Å²) >= 11 is 4.61. The van der Waals surface area contributed by atoms with Gasteiger partial charge in [-0.2, -0.15) is 0 Å². The zero-order valence-electron chi connectivity index (χ0n) is 13.8. The molecule has 1 amide bonds. The first-order valence-electron chi connectivity index (χ1n) is 7.78. The summed E-state index contributed by atoms with van der Waals surface area (Å²) in [6, 6.07) is 13.2. The van der Waals surface area contributed by atoms with E-state index in [1.807, 2.05) is 24.3 Å². The van der Waals surface area contributed by atoms with E-state index >= 15 is 0 Å². The van der Waals surface area contributed by atoms with Crippen molar-refractivity contribution in [2.24, 2.45) is 0 Å². The largest absolute Gasteiger partial charge is 0.411 e. The molecule has 27 heavy (non-hydrogen) atoms. The Morgan fingerprint density at radius 1 is 1.15 bits per heavy atom. The molecule has 0 spiro atoms. The van der Waals surface area contributed by atoms with Gasteiger partial charge in [0.25, 0.3) is 10.9 Å². The highest BCUT2D eigenvalue weighted by Gasteiger charge is 2.12. The normalized spacial score (nSPS) is 10.6. The Labute approximate surface area is 166 Å². The predicted octanol–water partition coefficient (Wildman–Crippen LogP) is 4.53. The Kier molecular flexibility index (Phi) is 6.20. The van der Waals surface area contributed by atoms with Crippen LogP contribution in [0.15, 0.2) is 62.6 Å². The number of nitro groups is 1. The van der Waals surface area contributed by atoms with Crippen molar-refractivity contribution in [1.29, 1.82) is 0 Å². The highest BCUT2D eigenvalue weighted by Crippen LogP contribution is 2.25. The standard InChI is InChI=1S/C17H13BrN4O4S/c18-12-3-5-13(6-4-12)19-15(23)9-10-27-17-21-20-16(26-17)11-1-7-14(8-2-11)22(24)25/h1-8H,9-10H2,(H,19,23). The van der Waals surface area contributed by atoms with Gasteiger partial charge >= 0.3 is 0 Å². The van der Waals surface area contributed by atoms with Crippen molar-refractivity contribution in [2.75, 3.05) is 11.1 Å². The van der Waals surface area contributed by atoms with Gasteiger partial charge in [-0.25, -0.2) is 0 Å². The van der Waals surface area contributed by atoms with E-state index in [4.69, 9.17) is 4.42 Å². The molecule has 10 heteroatoms. The maximum atomic E-state index is 11.9. The molecule has 0 aliphatic heterocycles. The van der Waals surface area contributed by atoms with Crippen molar-refractivity contribution < 1.29 is 14.1 Å². The van der Waals surface area contributed by atoms with Crippen LogP contribution in [-0.2, 0) is 4.79 Å². The van der Waals surface area contributed by atoms with Crippen LogP contribution < -0.4 is 5.32 Å². The fourth-order valence-electron chi connectivity index (χ4n) is 2.10. The van der Waals surface area contributed by atoms with E-state index in [-0.39, 0.29) is 23.9 Å². The summed E-state index contributed by atoms with van der Waals surface area (Å²) < 4.78 is 6.46. The third-order valence-electron chi connectivity index (χ3n) is 3.41. The number of non-ortho nitro benzene ring substituents is 1. The number of thioether (sulfide) groups is 1. The number of nitro benzene ring substituents is 1. The van der Waals surface area contributed by atoms with Crippen molar-refractivity contribution in [3.8, 4) is 11.5 Å². The number of hydrogen-bond donors (Lipinski definition) is 1. The Bertz CT molecular complexity index is 944. The van der Waals surface area contributed by atoms with Crippen molar-refractivity contribution in [1.82, 2.24) is 10.2 Å². The van der Waals surface area contributed by atoms with Gasteiger partial charge in [0, 0.05) is 40.0 Å². The number of aromatic nitrogens is 2. The summed E-state index contributed by atoms with van der Waals surface area (Å²) in [4.78, 5) is 22.1. The summed E-state index contributed by atoms with van der Waals surface area (Å²) in [5, 5.41) is 21.7. The van der Waals surface area contributed by atoms with Crippen LogP contribution in [0.4, 0.5) is 11.4 Å². The SMILES string of the molecule is O=C(CCSc1nnc(-c2ccc([N+](=O)[O-])cc2)o1)Nc1ccc(Br)cc1. The number of benzene rings is 2. The molecule has 1 heterocycles. The monoisotopic (exact) mass is 448 g/mol. The zero-order valence-corrected chi connectivity index (χ0v) is 16.2. The van der Waals surface area contributed by atoms with E-state index in [9.17, 15) is 14.9 Å². The lowest BCUT2D eigenvalue weighted by Gasteiger charge is -2.04. The van der Waals surface area contributed by atoms with Crippen molar-refractivity contribution in [3.05, 3.63) is 63.1 Å². The Balaban J connectivity index is 1.50. The summed E-state index contributed by atoms with van der Waals surface area (Å²) in [6.45, 7) is 0. The number of amides is 1. The molecule has 3 rings (SSSR count). The predicted molar refractivity (Wildman–Crippen MR) is 105 cm³/mol. The lowest BCUT2D eigenvalue weighted by atomic mass is 10.2. The van der Waals surface area contributed by atoms with Crippen LogP contribution in [0.1, 0.15) is 6.42 Å². The molecule has 1 N–H and O–H groups in total. The lowest BCUT2D eigenvalue weighted by Crippen LogP contribution is -2.11. The molecular formula is C17H13BrN4O4S. The van der Waals surface area contributed by atoms with Crippen LogP contribution in [0.2, 0.25) is 0 Å². The molecule has 0 aliphatic carbocycles. The number of hydrogen-bond acceptors (Lipinski definition) is 7. The summed E-state index contributed by atoms with van der Waals surface area (Å²) in [6.07, 6.45) is 0.288. The van der Waals surface area contributed by atoms with Gasteiger partial charge in [0.1, 0.15) is 0 Å². The topological polar surface area (TPSA) is 111 Å². The number of nitrogens with one attached hydrogen (secondary N) is 1. The Hall–Kier alpha value is -2.72. The summed E-state index contributed by atoms with van der Waals surface area (Å²) in [5.41, 5.74) is 1.31. The van der Waals surface area contributed by atoms with Gasteiger partial charge in [-0.3, -0.25) is 14.9 Å². The quantitative estimate of drug-likeness (QED) is 0.321. The van der Waals surface area contributed by atoms with E-state index < -0.39 is 4.92 Å². The van der Waals surface area contributed by atoms with Gasteiger partial charge < -0.3 is 9.73 Å². The first-order valence-corrected chi connectivity index (χ1v) is 9.56. The van der Waals surface area contributed by atoms with Crippen LogP contribution in [0.5, 0.6) is 0 Å². The summed E-state index contributed by atoms with van der Waals surface area (Å²) in [7, 11) is 0. The fourth-order valence-corrected chi connectivity index (χ4v) is 3.06. The third kappa shape index (κ3) is 5.38. The molecule has 0 fully saturated rings. The second kappa shape index (κ2) is 8.78. The highest BCUT2D eigenvalue weighted by molar-refractivity contribution is 9.10. The minimum absolute atomic E-state index is 0.00958. The first-order chi connectivity index (χ1) is 13.0. The van der Waals surface area contributed by atoms with E-state index in [0.29, 0.717) is 16.5 Å². The molecule has 0 radical (unpaired) electrons. The average Bonchev–Trinajstić information content (AvgIpc) is 3.12. The number of halogens is 1. The van der Waals surface area contributed by atoms with Crippen LogP contribution in [-0.4, -0.2) is 26.8 Å². The number of anilines is 1. The number of rotatable bonds is 7. The second-order valence-electron chi connectivity index (χ2n) is 5.33. The molecule has 0 bridgehead atoms. The third-order valence-corrected chi connectivity index (χ3v) is 4.76. The zero-order chi connectivity index (χ0) is 19.2. The minimum Gasteiger partial charge on any atom is -0.411 e.